The van der Waals surface area contributed by atoms with Crippen molar-refractivity contribution in [3.05, 3.63) is 26.7 Å². The van der Waals surface area contributed by atoms with E-state index in [0.717, 1.165) is 0 Å². The largest absolute Gasteiger partial charge is 0.323 e. The average molecular weight is 334 g/mol. The van der Waals surface area contributed by atoms with Crippen molar-refractivity contribution in [2.24, 2.45) is 5.41 Å². The summed E-state index contributed by atoms with van der Waals surface area (Å²) in [6.45, 7) is 0. The van der Waals surface area contributed by atoms with Gasteiger partial charge in [0.1, 0.15) is 5.41 Å². The van der Waals surface area contributed by atoms with E-state index in [-0.39, 0.29) is 10.9 Å². The van der Waals surface area contributed by atoms with Crippen molar-refractivity contribution in [2.75, 3.05) is 5.32 Å². The molecule has 6 heteroatoms. The minimum absolute atomic E-state index is 0.267. The quantitative estimate of drug-likeness (QED) is 0.832. The third-order valence-corrected chi connectivity index (χ3v) is 4.45. The van der Waals surface area contributed by atoms with E-state index in [1.807, 2.05) is 6.07 Å². The summed E-state index contributed by atoms with van der Waals surface area (Å²) in [7, 11) is 0. The van der Waals surface area contributed by atoms with Crippen LogP contribution in [0.2, 0.25) is 10.0 Å². The molecule has 1 aromatic carbocycles. The van der Waals surface area contributed by atoms with Gasteiger partial charge in [-0.15, -0.1) is 0 Å². The van der Waals surface area contributed by atoms with E-state index >= 15 is 0 Å². The Hall–Kier alpha value is -0.760. The highest BCUT2D eigenvalue weighted by Crippen LogP contribution is 2.46. The van der Waals surface area contributed by atoms with Crippen LogP contribution < -0.4 is 5.32 Å². The summed E-state index contributed by atoms with van der Waals surface area (Å²) in [6, 6.07) is 5.35. The van der Waals surface area contributed by atoms with Crippen molar-refractivity contribution in [2.45, 2.75) is 12.8 Å². The van der Waals surface area contributed by atoms with E-state index in [4.69, 9.17) is 28.5 Å². The molecule has 0 atom stereocenters. The number of nitrogens with zero attached hydrogens (tertiary/aromatic N) is 1. The van der Waals surface area contributed by atoms with Crippen LogP contribution in [0, 0.1) is 16.7 Å². The number of amides is 1. The van der Waals surface area contributed by atoms with Crippen molar-refractivity contribution >= 4 is 50.7 Å². The van der Waals surface area contributed by atoms with E-state index in [2.05, 4.69) is 21.2 Å². The number of hydrogen-bond donors (Lipinski definition) is 1. The predicted molar refractivity (Wildman–Crippen MR) is 70.1 cm³/mol. The monoisotopic (exact) mass is 332 g/mol. The van der Waals surface area contributed by atoms with Gasteiger partial charge in [0, 0.05) is 4.47 Å². The van der Waals surface area contributed by atoms with Gasteiger partial charge in [0.05, 0.1) is 21.8 Å². The van der Waals surface area contributed by atoms with Crippen LogP contribution in [0.15, 0.2) is 16.6 Å². The number of carbonyl (C=O) groups is 1. The van der Waals surface area contributed by atoms with E-state index in [0.29, 0.717) is 28.0 Å². The van der Waals surface area contributed by atoms with Gasteiger partial charge in [0.2, 0.25) is 5.91 Å². The lowest BCUT2D eigenvalue weighted by Crippen LogP contribution is -2.22. The third-order valence-electron chi connectivity index (χ3n) is 2.68. The molecule has 0 spiro atoms. The molecule has 0 unspecified atom stereocenters. The number of anilines is 1. The Bertz CT molecular complexity index is 535. The molecule has 0 aliphatic heterocycles. The molecule has 1 saturated carbocycles. The number of rotatable bonds is 2. The van der Waals surface area contributed by atoms with Crippen LogP contribution in [-0.2, 0) is 4.79 Å². The predicted octanol–water partition coefficient (Wildman–Crippen LogP) is 4.00. The lowest BCUT2D eigenvalue weighted by Gasteiger charge is -2.11. The number of nitriles is 1. The van der Waals surface area contributed by atoms with Gasteiger partial charge >= 0.3 is 0 Å². The highest BCUT2D eigenvalue weighted by atomic mass is 79.9. The van der Waals surface area contributed by atoms with Gasteiger partial charge < -0.3 is 5.32 Å². The van der Waals surface area contributed by atoms with E-state index < -0.39 is 5.41 Å². The molecular formula is C11H7BrCl2N2O. The van der Waals surface area contributed by atoms with Crippen molar-refractivity contribution in [1.29, 1.82) is 5.26 Å². The molecule has 88 valence electrons. The van der Waals surface area contributed by atoms with Crippen LogP contribution in [0.4, 0.5) is 5.69 Å². The van der Waals surface area contributed by atoms with Gasteiger partial charge in [0.15, 0.2) is 0 Å². The summed E-state index contributed by atoms with van der Waals surface area (Å²) in [5, 5.41) is 12.1. The smallest absolute Gasteiger partial charge is 0.244 e. The molecule has 2 rings (SSSR count). The van der Waals surface area contributed by atoms with Crippen LogP contribution >= 0.6 is 39.1 Å². The Kier molecular flexibility index (Phi) is 3.35. The number of halogens is 3. The second-order valence-corrected chi connectivity index (χ2v) is 5.48. The first-order valence-corrected chi connectivity index (χ1v) is 6.41. The summed E-state index contributed by atoms with van der Waals surface area (Å²) < 4.78 is 0.656. The van der Waals surface area contributed by atoms with Gasteiger partial charge in [-0.3, -0.25) is 4.79 Å². The van der Waals surface area contributed by atoms with Crippen molar-refractivity contribution in [3.8, 4) is 6.07 Å². The van der Waals surface area contributed by atoms with Crippen LogP contribution in [0.3, 0.4) is 0 Å². The van der Waals surface area contributed by atoms with Gasteiger partial charge in [-0.05, 0) is 40.9 Å². The molecule has 0 radical (unpaired) electrons. The van der Waals surface area contributed by atoms with Gasteiger partial charge in [-0.1, -0.05) is 23.2 Å². The molecule has 1 N–H and O–H groups in total. The van der Waals surface area contributed by atoms with E-state index in [1.165, 1.54) is 0 Å². The minimum atomic E-state index is -0.872. The lowest BCUT2D eigenvalue weighted by atomic mass is 10.1. The molecule has 0 aromatic heterocycles. The fourth-order valence-electron chi connectivity index (χ4n) is 1.38. The number of hydrogen-bond acceptors (Lipinski definition) is 2. The van der Waals surface area contributed by atoms with Crippen LogP contribution in [0.5, 0.6) is 0 Å². The number of benzene rings is 1. The molecular weight excluding hydrogens is 327 g/mol. The molecule has 0 heterocycles. The summed E-state index contributed by atoms with van der Waals surface area (Å²) in [6.07, 6.45) is 1.19. The first-order valence-electron chi connectivity index (χ1n) is 4.86. The number of carbonyl (C=O) groups excluding carboxylic acids is 1. The standard InChI is InChI=1S/C11H7BrCl2N2O/c12-6-1-2-7(9(14)8(6)13)16-10(17)11(5-15)3-4-11/h1-2H,3-4H2,(H,16,17). The minimum Gasteiger partial charge on any atom is -0.323 e. The van der Waals surface area contributed by atoms with Gasteiger partial charge in [-0.2, -0.15) is 5.26 Å². The first kappa shape index (κ1) is 12.7. The maximum Gasteiger partial charge on any atom is 0.244 e. The van der Waals surface area contributed by atoms with E-state index in [9.17, 15) is 4.79 Å². The highest BCUT2D eigenvalue weighted by molar-refractivity contribution is 9.10. The second kappa shape index (κ2) is 4.49. The molecule has 1 aliphatic carbocycles. The maximum absolute atomic E-state index is 11.8. The van der Waals surface area contributed by atoms with Crippen LogP contribution in [0.1, 0.15) is 12.8 Å². The SMILES string of the molecule is N#CC1(C(=O)Nc2ccc(Br)c(Cl)c2Cl)CC1. The van der Waals surface area contributed by atoms with Gasteiger partial charge in [-0.25, -0.2) is 0 Å². The van der Waals surface area contributed by atoms with Crippen molar-refractivity contribution in [3.63, 3.8) is 0 Å². The van der Waals surface area contributed by atoms with Crippen molar-refractivity contribution in [1.82, 2.24) is 0 Å². The average Bonchev–Trinajstić information content (AvgIpc) is 3.11. The normalized spacial score (nSPS) is 16.1. The fraction of sp³-hybridized carbons (Fsp3) is 0.273. The molecule has 1 fully saturated rings. The molecule has 3 nitrogen and oxygen atoms in total. The third kappa shape index (κ3) is 2.28. The first-order chi connectivity index (χ1) is 8.00. The number of nitrogens with one attached hydrogen (secondary N) is 1. The Labute approximate surface area is 117 Å². The summed E-state index contributed by atoms with van der Waals surface area (Å²) in [5.41, 5.74) is -0.450. The Balaban J connectivity index is 2.24. The summed E-state index contributed by atoms with van der Waals surface area (Å²) in [4.78, 5) is 11.8. The zero-order valence-electron chi connectivity index (χ0n) is 8.56. The maximum atomic E-state index is 11.8. The molecule has 0 bridgehead atoms. The van der Waals surface area contributed by atoms with Crippen LogP contribution in [-0.4, -0.2) is 5.91 Å². The zero-order chi connectivity index (χ0) is 12.6. The highest BCUT2D eigenvalue weighted by Gasteiger charge is 2.50. The Morgan fingerprint density at radius 2 is 2.06 bits per heavy atom. The molecule has 17 heavy (non-hydrogen) atoms. The molecule has 1 aromatic rings. The van der Waals surface area contributed by atoms with E-state index in [1.54, 1.807) is 12.1 Å². The topological polar surface area (TPSA) is 52.9 Å². The zero-order valence-corrected chi connectivity index (χ0v) is 11.7. The summed E-state index contributed by atoms with van der Waals surface area (Å²) >= 11 is 15.2. The van der Waals surface area contributed by atoms with Crippen molar-refractivity contribution < 1.29 is 4.79 Å². The fourth-order valence-corrected chi connectivity index (χ4v) is 2.20. The van der Waals surface area contributed by atoms with Gasteiger partial charge in [0.25, 0.3) is 0 Å². The van der Waals surface area contributed by atoms with Crippen LogP contribution in [0.25, 0.3) is 0 Å². The molecule has 0 saturated heterocycles. The molecule has 1 amide bonds. The second-order valence-electron chi connectivity index (χ2n) is 3.87. The molecule has 1 aliphatic rings. The summed E-state index contributed by atoms with van der Waals surface area (Å²) in [5.74, 6) is -0.319. The Morgan fingerprint density at radius 3 is 2.59 bits per heavy atom. The lowest BCUT2D eigenvalue weighted by molar-refractivity contribution is -0.119. The Morgan fingerprint density at radius 1 is 1.41 bits per heavy atom.